The fourth-order valence-corrected chi connectivity index (χ4v) is 2.48. The minimum atomic E-state index is 0.430. The number of hydrogen-bond donors (Lipinski definition) is 1. The maximum atomic E-state index is 5.82. The zero-order valence-electron chi connectivity index (χ0n) is 10.9. The minimum Gasteiger partial charge on any atom is -0.487 e. The lowest BCUT2D eigenvalue weighted by Crippen LogP contribution is -2.04. The van der Waals surface area contributed by atoms with Crippen molar-refractivity contribution in [2.24, 2.45) is 0 Å². The van der Waals surface area contributed by atoms with Gasteiger partial charge < -0.3 is 10.1 Å². The third-order valence-corrected chi connectivity index (χ3v) is 3.82. The van der Waals surface area contributed by atoms with Crippen molar-refractivity contribution in [1.29, 1.82) is 0 Å². The molecule has 6 heteroatoms. The molecule has 0 atom stereocenters. The molecule has 0 radical (unpaired) electrons. The van der Waals surface area contributed by atoms with E-state index in [4.69, 9.17) is 4.74 Å². The highest BCUT2D eigenvalue weighted by Gasteiger charge is 2.09. The van der Waals surface area contributed by atoms with E-state index >= 15 is 0 Å². The molecule has 0 saturated heterocycles. The number of anilines is 1. The first-order valence-corrected chi connectivity index (χ1v) is 7.71. The molecule has 0 aliphatic carbocycles. The van der Waals surface area contributed by atoms with E-state index in [1.807, 2.05) is 25.1 Å². The van der Waals surface area contributed by atoms with Crippen LogP contribution in [0.25, 0.3) is 0 Å². The van der Waals surface area contributed by atoms with Gasteiger partial charge in [0.1, 0.15) is 23.1 Å². The first-order valence-electron chi connectivity index (χ1n) is 6.14. The quantitative estimate of drug-likeness (QED) is 0.862. The molecule has 2 rings (SSSR count). The summed E-state index contributed by atoms with van der Waals surface area (Å²) in [5.74, 6) is 0.865. The highest BCUT2D eigenvalue weighted by molar-refractivity contribution is 9.10. The van der Waals surface area contributed by atoms with Crippen LogP contribution in [0.3, 0.4) is 0 Å². The predicted octanol–water partition coefficient (Wildman–Crippen LogP) is 4.01. The lowest BCUT2D eigenvalue weighted by Gasteiger charge is -2.09. The van der Waals surface area contributed by atoms with Gasteiger partial charge in [-0.2, -0.15) is 0 Å². The average molecular weight is 342 g/mol. The van der Waals surface area contributed by atoms with E-state index in [1.54, 1.807) is 0 Å². The van der Waals surface area contributed by atoms with E-state index in [1.165, 1.54) is 11.5 Å². The molecule has 0 amide bonds. The molecule has 1 heterocycles. The summed E-state index contributed by atoms with van der Waals surface area (Å²) >= 11 is 4.82. The van der Waals surface area contributed by atoms with Crippen molar-refractivity contribution in [2.75, 3.05) is 11.9 Å². The molecule has 0 unspecified atom stereocenters. The predicted molar refractivity (Wildman–Crippen MR) is 81.9 cm³/mol. The van der Waals surface area contributed by atoms with Crippen molar-refractivity contribution in [3.63, 3.8) is 0 Å². The van der Waals surface area contributed by atoms with Gasteiger partial charge in [-0.3, -0.25) is 0 Å². The lowest BCUT2D eigenvalue weighted by molar-refractivity contribution is 0.299. The molecular weight excluding hydrogens is 326 g/mol. The summed E-state index contributed by atoms with van der Waals surface area (Å²) in [4.78, 5) is 0. The molecular formula is C13H16BrN3OS. The Morgan fingerprint density at radius 2 is 2.26 bits per heavy atom. The Bertz CT molecular complexity index is 544. The Kier molecular flexibility index (Phi) is 5.15. The number of benzene rings is 1. The molecule has 0 aliphatic rings. The van der Waals surface area contributed by atoms with Gasteiger partial charge in [0.05, 0.1) is 0 Å². The van der Waals surface area contributed by atoms with Crippen LogP contribution in [0.2, 0.25) is 0 Å². The summed E-state index contributed by atoms with van der Waals surface area (Å²) in [6, 6.07) is 5.99. The summed E-state index contributed by atoms with van der Waals surface area (Å²) in [5.41, 5.74) is 1.97. The van der Waals surface area contributed by atoms with Crippen LogP contribution in [0, 0.1) is 6.92 Å². The first kappa shape index (κ1) is 14.3. The van der Waals surface area contributed by atoms with Crippen LogP contribution in [-0.4, -0.2) is 16.1 Å². The van der Waals surface area contributed by atoms with Gasteiger partial charge in [0.15, 0.2) is 0 Å². The van der Waals surface area contributed by atoms with Crippen LogP contribution in [0.5, 0.6) is 5.75 Å². The van der Waals surface area contributed by atoms with Crippen molar-refractivity contribution in [2.45, 2.75) is 26.9 Å². The fraction of sp³-hybridized carbons (Fsp3) is 0.385. The summed E-state index contributed by atoms with van der Waals surface area (Å²) < 4.78 is 10.8. The molecule has 1 N–H and O–H groups in total. The standard InChI is InChI=1S/C13H16BrN3OS/c1-3-6-15-13-11(16-17-19-13)8-18-12-7-10(14)5-4-9(12)2/h4-5,7,15H,3,6,8H2,1-2H3. The van der Waals surface area contributed by atoms with Crippen molar-refractivity contribution in [3.05, 3.63) is 33.9 Å². The number of nitrogens with one attached hydrogen (secondary N) is 1. The number of aromatic nitrogens is 2. The Labute approximate surface area is 125 Å². The monoisotopic (exact) mass is 341 g/mol. The van der Waals surface area contributed by atoms with Gasteiger partial charge in [0.2, 0.25) is 0 Å². The van der Waals surface area contributed by atoms with E-state index in [2.05, 4.69) is 37.8 Å². The molecule has 1 aromatic carbocycles. The molecule has 0 aliphatic heterocycles. The maximum absolute atomic E-state index is 5.82. The Morgan fingerprint density at radius 1 is 1.42 bits per heavy atom. The second kappa shape index (κ2) is 6.86. The molecule has 102 valence electrons. The molecule has 4 nitrogen and oxygen atoms in total. The lowest BCUT2D eigenvalue weighted by atomic mass is 10.2. The highest BCUT2D eigenvalue weighted by Crippen LogP contribution is 2.25. The van der Waals surface area contributed by atoms with Crippen LogP contribution >= 0.6 is 27.5 Å². The van der Waals surface area contributed by atoms with Crippen molar-refractivity contribution >= 4 is 32.5 Å². The second-order valence-corrected chi connectivity index (χ2v) is 5.84. The Morgan fingerprint density at radius 3 is 3.05 bits per heavy atom. The first-order chi connectivity index (χ1) is 9.20. The minimum absolute atomic E-state index is 0.430. The normalized spacial score (nSPS) is 10.5. The van der Waals surface area contributed by atoms with E-state index in [-0.39, 0.29) is 0 Å². The smallest absolute Gasteiger partial charge is 0.136 e. The zero-order valence-corrected chi connectivity index (χ0v) is 13.3. The van der Waals surface area contributed by atoms with Gasteiger partial charge in [0.25, 0.3) is 0 Å². The molecule has 0 bridgehead atoms. The van der Waals surface area contributed by atoms with Gasteiger partial charge in [-0.15, -0.1) is 5.10 Å². The number of rotatable bonds is 6. The Balaban J connectivity index is 2.02. The number of hydrogen-bond acceptors (Lipinski definition) is 5. The number of nitrogens with zero attached hydrogens (tertiary/aromatic N) is 2. The topological polar surface area (TPSA) is 47.0 Å². The number of aryl methyl sites for hydroxylation is 1. The van der Waals surface area contributed by atoms with Gasteiger partial charge in [-0.1, -0.05) is 33.4 Å². The van der Waals surface area contributed by atoms with Gasteiger partial charge in [0, 0.05) is 22.5 Å². The SMILES string of the molecule is CCCNc1snnc1COc1cc(Br)ccc1C. The molecule has 2 aromatic rings. The van der Waals surface area contributed by atoms with Gasteiger partial charge in [-0.05, 0) is 31.0 Å². The van der Waals surface area contributed by atoms with Gasteiger partial charge in [-0.25, -0.2) is 0 Å². The molecule has 19 heavy (non-hydrogen) atoms. The largest absolute Gasteiger partial charge is 0.487 e. The number of halogens is 1. The van der Waals surface area contributed by atoms with Crippen molar-refractivity contribution in [1.82, 2.24) is 9.59 Å². The third kappa shape index (κ3) is 3.91. The molecule has 1 aromatic heterocycles. The maximum Gasteiger partial charge on any atom is 0.136 e. The molecule has 0 spiro atoms. The van der Waals surface area contributed by atoms with Crippen molar-refractivity contribution < 1.29 is 4.74 Å². The Hall–Kier alpha value is -1.14. The summed E-state index contributed by atoms with van der Waals surface area (Å²) in [5, 5.41) is 8.41. The average Bonchev–Trinajstić information content (AvgIpc) is 2.85. The van der Waals surface area contributed by atoms with E-state index in [0.29, 0.717) is 6.61 Å². The van der Waals surface area contributed by atoms with Crippen molar-refractivity contribution in [3.8, 4) is 5.75 Å². The summed E-state index contributed by atoms with van der Waals surface area (Å²) in [6.07, 6.45) is 1.07. The number of ether oxygens (including phenoxy) is 1. The summed E-state index contributed by atoms with van der Waals surface area (Å²) in [6.45, 7) is 5.51. The van der Waals surface area contributed by atoms with Crippen LogP contribution in [-0.2, 0) is 6.61 Å². The fourth-order valence-electron chi connectivity index (χ4n) is 1.55. The second-order valence-electron chi connectivity index (χ2n) is 4.17. The van der Waals surface area contributed by atoms with E-state index < -0.39 is 0 Å². The van der Waals surface area contributed by atoms with Crippen LogP contribution in [0.4, 0.5) is 5.00 Å². The van der Waals surface area contributed by atoms with E-state index in [0.717, 1.165) is 39.4 Å². The highest BCUT2D eigenvalue weighted by atomic mass is 79.9. The molecule has 0 saturated carbocycles. The van der Waals surface area contributed by atoms with Crippen LogP contribution in [0.15, 0.2) is 22.7 Å². The van der Waals surface area contributed by atoms with Crippen LogP contribution < -0.4 is 10.1 Å². The molecule has 0 fully saturated rings. The van der Waals surface area contributed by atoms with Crippen LogP contribution in [0.1, 0.15) is 24.6 Å². The third-order valence-electron chi connectivity index (χ3n) is 2.61. The summed E-state index contributed by atoms with van der Waals surface area (Å²) in [7, 11) is 0. The van der Waals surface area contributed by atoms with E-state index in [9.17, 15) is 0 Å². The van der Waals surface area contributed by atoms with Gasteiger partial charge >= 0.3 is 0 Å². The zero-order chi connectivity index (χ0) is 13.7.